The van der Waals surface area contributed by atoms with Crippen molar-refractivity contribution < 1.29 is 23.6 Å². The van der Waals surface area contributed by atoms with Crippen molar-refractivity contribution in [2.75, 3.05) is 42.3 Å². The number of likely N-dealkylation sites (N-methyl/N-ethyl adjacent to an activating group) is 1. The molecule has 0 aliphatic heterocycles. The van der Waals surface area contributed by atoms with Crippen molar-refractivity contribution in [1.29, 1.82) is 0 Å². The van der Waals surface area contributed by atoms with Gasteiger partial charge >= 0.3 is 0 Å². The highest BCUT2D eigenvalue weighted by molar-refractivity contribution is 8.00. The summed E-state index contributed by atoms with van der Waals surface area (Å²) in [7, 11) is 1.54. The third kappa shape index (κ3) is 7.49. The first-order valence-electron chi connectivity index (χ1n) is 8.93. The Bertz CT molecular complexity index is 855. The molecule has 0 radical (unpaired) electrons. The van der Waals surface area contributed by atoms with E-state index in [-0.39, 0.29) is 35.8 Å². The van der Waals surface area contributed by atoms with Gasteiger partial charge in [0.15, 0.2) is 5.82 Å². The van der Waals surface area contributed by atoms with Gasteiger partial charge < -0.3 is 24.8 Å². The van der Waals surface area contributed by atoms with Gasteiger partial charge in [-0.1, -0.05) is 11.2 Å². The molecule has 29 heavy (non-hydrogen) atoms. The summed E-state index contributed by atoms with van der Waals surface area (Å²) >= 11 is 1.17. The number of hydrogen-bond donors (Lipinski definition) is 2. The first-order chi connectivity index (χ1) is 13.9. The van der Waals surface area contributed by atoms with Crippen molar-refractivity contribution in [1.82, 2.24) is 10.1 Å². The SMILES string of the molecule is CCN(CC(=O)Nc1cccc(OC)c1)C(=O)CSCC(=O)Nc1cc(C)on1. The number of ether oxygens (including phenoxy) is 1. The molecule has 0 bridgehead atoms. The van der Waals surface area contributed by atoms with Gasteiger partial charge in [-0.05, 0) is 26.0 Å². The largest absolute Gasteiger partial charge is 0.497 e. The van der Waals surface area contributed by atoms with Crippen LogP contribution in [0.4, 0.5) is 11.5 Å². The summed E-state index contributed by atoms with van der Waals surface area (Å²) in [6.45, 7) is 3.83. The van der Waals surface area contributed by atoms with Gasteiger partial charge in [-0.3, -0.25) is 14.4 Å². The third-order valence-electron chi connectivity index (χ3n) is 3.78. The van der Waals surface area contributed by atoms with Crippen LogP contribution in [0.3, 0.4) is 0 Å². The number of amides is 3. The Hall–Kier alpha value is -3.01. The standard InChI is InChI=1S/C19H24N4O5S/c1-4-23(10-17(24)20-14-6-5-7-15(9-14)27-3)19(26)12-29-11-18(25)21-16-8-13(2)28-22-16/h5-9H,4,10-12H2,1-3H3,(H,20,24)(H,21,22,25). The molecule has 156 valence electrons. The number of rotatable bonds is 10. The lowest BCUT2D eigenvalue weighted by Crippen LogP contribution is -2.39. The Morgan fingerprint density at radius 3 is 2.62 bits per heavy atom. The van der Waals surface area contributed by atoms with Crippen LogP contribution in [0.15, 0.2) is 34.9 Å². The van der Waals surface area contributed by atoms with E-state index in [4.69, 9.17) is 9.26 Å². The zero-order valence-electron chi connectivity index (χ0n) is 16.6. The minimum Gasteiger partial charge on any atom is -0.497 e. The topological polar surface area (TPSA) is 114 Å². The molecule has 2 aromatic rings. The molecule has 0 atom stereocenters. The van der Waals surface area contributed by atoms with Crippen LogP contribution in [0.2, 0.25) is 0 Å². The monoisotopic (exact) mass is 420 g/mol. The second kappa shape index (κ2) is 11.1. The number of nitrogens with zero attached hydrogens (tertiary/aromatic N) is 2. The van der Waals surface area contributed by atoms with E-state index in [9.17, 15) is 14.4 Å². The number of carbonyl (C=O) groups excluding carboxylic acids is 3. The summed E-state index contributed by atoms with van der Waals surface area (Å²) in [6.07, 6.45) is 0. The Balaban J connectivity index is 1.75. The quantitative estimate of drug-likeness (QED) is 0.605. The fraction of sp³-hybridized carbons (Fsp3) is 0.368. The van der Waals surface area contributed by atoms with Crippen LogP contribution in [0, 0.1) is 6.92 Å². The van der Waals surface area contributed by atoms with E-state index in [1.807, 2.05) is 0 Å². The molecule has 2 rings (SSSR count). The second-order valence-corrected chi connectivity index (χ2v) is 7.04. The molecule has 10 heteroatoms. The smallest absolute Gasteiger partial charge is 0.243 e. The van der Waals surface area contributed by atoms with Crippen LogP contribution in [0.5, 0.6) is 5.75 Å². The van der Waals surface area contributed by atoms with Gasteiger partial charge in [-0.15, -0.1) is 11.8 Å². The van der Waals surface area contributed by atoms with Crippen LogP contribution >= 0.6 is 11.8 Å². The maximum atomic E-state index is 12.4. The Labute approximate surface area is 173 Å². The van der Waals surface area contributed by atoms with Crippen molar-refractivity contribution >= 4 is 41.0 Å². The van der Waals surface area contributed by atoms with Gasteiger partial charge in [0.2, 0.25) is 17.7 Å². The summed E-state index contributed by atoms with van der Waals surface area (Å²) in [5.74, 6) is 0.923. The highest BCUT2D eigenvalue weighted by atomic mass is 32.2. The van der Waals surface area contributed by atoms with Crippen molar-refractivity contribution in [3.63, 3.8) is 0 Å². The lowest BCUT2D eigenvalue weighted by Gasteiger charge is -2.20. The lowest BCUT2D eigenvalue weighted by atomic mass is 10.3. The van der Waals surface area contributed by atoms with E-state index in [2.05, 4.69) is 15.8 Å². The summed E-state index contributed by atoms with van der Waals surface area (Å²) in [4.78, 5) is 37.9. The number of nitrogens with one attached hydrogen (secondary N) is 2. The van der Waals surface area contributed by atoms with E-state index in [1.54, 1.807) is 51.3 Å². The highest BCUT2D eigenvalue weighted by Crippen LogP contribution is 2.16. The Kier molecular flexibility index (Phi) is 8.53. The van der Waals surface area contributed by atoms with E-state index in [0.29, 0.717) is 29.6 Å². The van der Waals surface area contributed by atoms with Gasteiger partial charge in [-0.2, -0.15) is 0 Å². The van der Waals surface area contributed by atoms with Gasteiger partial charge in [0.25, 0.3) is 0 Å². The number of aromatic nitrogens is 1. The zero-order valence-corrected chi connectivity index (χ0v) is 17.4. The highest BCUT2D eigenvalue weighted by Gasteiger charge is 2.16. The number of aryl methyl sites for hydroxylation is 1. The molecule has 1 heterocycles. The van der Waals surface area contributed by atoms with Crippen LogP contribution in [-0.4, -0.2) is 59.5 Å². The molecular weight excluding hydrogens is 396 g/mol. The van der Waals surface area contributed by atoms with E-state index in [1.165, 1.54) is 16.7 Å². The predicted molar refractivity (Wildman–Crippen MR) is 111 cm³/mol. The number of hydrogen-bond acceptors (Lipinski definition) is 7. The normalized spacial score (nSPS) is 10.3. The molecule has 0 unspecified atom stereocenters. The predicted octanol–water partition coefficient (Wildman–Crippen LogP) is 2.15. The molecule has 0 aliphatic rings. The van der Waals surface area contributed by atoms with Gasteiger partial charge in [-0.25, -0.2) is 0 Å². The van der Waals surface area contributed by atoms with E-state index < -0.39 is 0 Å². The maximum absolute atomic E-state index is 12.4. The number of benzene rings is 1. The minimum atomic E-state index is -0.308. The van der Waals surface area contributed by atoms with Crippen molar-refractivity contribution in [2.24, 2.45) is 0 Å². The molecule has 3 amide bonds. The fourth-order valence-corrected chi connectivity index (χ4v) is 3.09. The first kappa shape index (κ1) is 22.3. The molecule has 0 saturated heterocycles. The molecule has 0 saturated carbocycles. The minimum absolute atomic E-state index is 0.0719. The lowest BCUT2D eigenvalue weighted by molar-refractivity contribution is -0.132. The molecule has 0 aliphatic carbocycles. The van der Waals surface area contributed by atoms with Crippen LogP contribution < -0.4 is 15.4 Å². The number of anilines is 2. The number of methoxy groups -OCH3 is 1. The zero-order chi connectivity index (χ0) is 21.2. The molecule has 0 spiro atoms. The maximum Gasteiger partial charge on any atom is 0.243 e. The second-order valence-electron chi connectivity index (χ2n) is 6.05. The van der Waals surface area contributed by atoms with Crippen molar-refractivity contribution in [3.8, 4) is 5.75 Å². The Morgan fingerprint density at radius 1 is 1.17 bits per heavy atom. The van der Waals surface area contributed by atoms with Gasteiger partial charge in [0, 0.05) is 24.4 Å². The molecule has 1 aromatic heterocycles. The molecule has 0 fully saturated rings. The van der Waals surface area contributed by atoms with E-state index >= 15 is 0 Å². The summed E-state index contributed by atoms with van der Waals surface area (Å²) < 4.78 is 9.99. The van der Waals surface area contributed by atoms with Crippen molar-refractivity contribution in [3.05, 3.63) is 36.1 Å². The number of carbonyl (C=O) groups is 3. The van der Waals surface area contributed by atoms with Gasteiger partial charge in [0.1, 0.15) is 11.5 Å². The summed E-state index contributed by atoms with van der Waals surface area (Å²) in [5, 5.41) is 9.00. The molecular formula is C19H24N4O5S. The van der Waals surface area contributed by atoms with Crippen LogP contribution in [-0.2, 0) is 14.4 Å². The van der Waals surface area contributed by atoms with Crippen LogP contribution in [0.25, 0.3) is 0 Å². The van der Waals surface area contributed by atoms with E-state index in [0.717, 1.165) is 0 Å². The van der Waals surface area contributed by atoms with Crippen LogP contribution in [0.1, 0.15) is 12.7 Å². The van der Waals surface area contributed by atoms with Gasteiger partial charge in [0.05, 0.1) is 25.2 Å². The molecule has 1 aromatic carbocycles. The van der Waals surface area contributed by atoms with Crippen molar-refractivity contribution in [2.45, 2.75) is 13.8 Å². The summed E-state index contributed by atoms with van der Waals surface area (Å²) in [6, 6.07) is 8.58. The first-order valence-corrected chi connectivity index (χ1v) is 10.1. The summed E-state index contributed by atoms with van der Waals surface area (Å²) in [5.41, 5.74) is 0.590. The molecule has 9 nitrogen and oxygen atoms in total. The average molecular weight is 420 g/mol. The number of thioether (sulfide) groups is 1. The Morgan fingerprint density at radius 2 is 1.97 bits per heavy atom. The molecule has 2 N–H and O–H groups in total. The average Bonchev–Trinajstić information content (AvgIpc) is 3.10. The third-order valence-corrected chi connectivity index (χ3v) is 4.69. The fourth-order valence-electron chi connectivity index (χ4n) is 2.38.